The van der Waals surface area contributed by atoms with Crippen LogP contribution in [0.4, 0.5) is 4.39 Å². The third-order valence-corrected chi connectivity index (χ3v) is 3.66. The zero-order valence-corrected chi connectivity index (χ0v) is 12.0. The molecule has 1 N–H and O–H groups in total. The zero-order chi connectivity index (χ0) is 15.4. The number of halogens is 2. The molecule has 1 unspecified atom stereocenters. The summed E-state index contributed by atoms with van der Waals surface area (Å²) >= 11 is 5.80. The highest BCUT2D eigenvalue weighted by atomic mass is 35.5. The van der Waals surface area contributed by atoms with Gasteiger partial charge in [-0.15, -0.1) is 0 Å². The molecule has 2 rings (SSSR count). The van der Waals surface area contributed by atoms with Crippen LogP contribution in [0.1, 0.15) is 12.8 Å². The number of ether oxygens (including phenoxy) is 1. The van der Waals surface area contributed by atoms with Crippen LogP contribution in [0.2, 0.25) is 5.02 Å². The van der Waals surface area contributed by atoms with Crippen molar-refractivity contribution in [1.29, 1.82) is 0 Å². The number of amides is 1. The number of likely N-dealkylation sites (tertiary alicyclic amines) is 1. The van der Waals surface area contributed by atoms with Crippen molar-refractivity contribution >= 4 is 23.5 Å². The minimum absolute atomic E-state index is 0.0878. The molecule has 0 aliphatic carbocycles. The van der Waals surface area contributed by atoms with Crippen LogP contribution in [0.5, 0.6) is 5.75 Å². The predicted octanol–water partition coefficient (Wildman–Crippen LogP) is 2.18. The van der Waals surface area contributed by atoms with E-state index in [1.165, 1.54) is 17.0 Å². The first-order valence-corrected chi connectivity index (χ1v) is 6.93. The van der Waals surface area contributed by atoms with Crippen molar-refractivity contribution in [3.63, 3.8) is 0 Å². The van der Waals surface area contributed by atoms with Gasteiger partial charge >= 0.3 is 5.97 Å². The Morgan fingerprint density at radius 2 is 2.24 bits per heavy atom. The maximum absolute atomic E-state index is 12.9. The number of carboxylic acid groups (broad SMARTS) is 1. The number of carboxylic acids is 1. The van der Waals surface area contributed by atoms with Crippen LogP contribution >= 0.6 is 11.6 Å². The number of aliphatic carboxylic acids is 1. The van der Waals surface area contributed by atoms with Crippen molar-refractivity contribution in [2.24, 2.45) is 5.92 Å². The van der Waals surface area contributed by atoms with Crippen LogP contribution in [0, 0.1) is 11.7 Å². The molecular weight excluding hydrogens is 301 g/mol. The highest BCUT2D eigenvalue weighted by molar-refractivity contribution is 6.32. The average Bonchev–Trinajstić information content (AvgIpc) is 2.46. The van der Waals surface area contributed by atoms with E-state index in [0.29, 0.717) is 19.4 Å². The Morgan fingerprint density at radius 3 is 2.90 bits per heavy atom. The number of hydrogen-bond acceptors (Lipinski definition) is 3. The van der Waals surface area contributed by atoms with Crippen LogP contribution in [-0.4, -0.2) is 41.6 Å². The second-order valence-corrected chi connectivity index (χ2v) is 5.29. The SMILES string of the molecule is O=C(O)C1CCCN(C(=O)COc2ccc(F)cc2Cl)C1. The lowest BCUT2D eigenvalue weighted by atomic mass is 9.98. The van der Waals surface area contributed by atoms with Gasteiger partial charge in [-0.3, -0.25) is 9.59 Å². The van der Waals surface area contributed by atoms with Crippen molar-refractivity contribution < 1.29 is 23.8 Å². The van der Waals surface area contributed by atoms with Crippen molar-refractivity contribution in [1.82, 2.24) is 4.90 Å². The molecule has 1 heterocycles. The number of nitrogens with zero attached hydrogens (tertiary/aromatic N) is 1. The second kappa shape index (κ2) is 6.76. The largest absolute Gasteiger partial charge is 0.482 e. The number of rotatable bonds is 4. The van der Waals surface area contributed by atoms with Gasteiger partial charge < -0.3 is 14.7 Å². The van der Waals surface area contributed by atoms with E-state index in [-0.39, 0.29) is 29.8 Å². The molecule has 0 saturated carbocycles. The topological polar surface area (TPSA) is 66.8 Å². The van der Waals surface area contributed by atoms with Crippen LogP contribution in [-0.2, 0) is 9.59 Å². The molecule has 1 amide bonds. The van der Waals surface area contributed by atoms with Gasteiger partial charge in [-0.25, -0.2) is 4.39 Å². The first-order valence-electron chi connectivity index (χ1n) is 6.56. The maximum Gasteiger partial charge on any atom is 0.308 e. The second-order valence-electron chi connectivity index (χ2n) is 4.88. The van der Waals surface area contributed by atoms with Gasteiger partial charge in [0.15, 0.2) is 6.61 Å². The standard InChI is InChI=1S/C14H15ClFNO4/c15-11-6-10(16)3-4-12(11)21-8-13(18)17-5-1-2-9(7-17)14(19)20/h3-4,6,9H,1-2,5,7-8H2,(H,19,20). The highest BCUT2D eigenvalue weighted by Gasteiger charge is 2.28. The Balaban J connectivity index is 1.90. The van der Waals surface area contributed by atoms with E-state index >= 15 is 0 Å². The fraction of sp³-hybridized carbons (Fsp3) is 0.429. The molecule has 1 fully saturated rings. The van der Waals surface area contributed by atoms with Gasteiger partial charge in [0.1, 0.15) is 11.6 Å². The number of carbonyl (C=O) groups is 2. The number of piperidine rings is 1. The molecule has 5 nitrogen and oxygen atoms in total. The third-order valence-electron chi connectivity index (χ3n) is 3.37. The molecular formula is C14H15ClFNO4. The summed E-state index contributed by atoms with van der Waals surface area (Å²) in [5, 5.41) is 9.07. The summed E-state index contributed by atoms with van der Waals surface area (Å²) in [7, 11) is 0. The summed E-state index contributed by atoms with van der Waals surface area (Å²) in [6.45, 7) is 0.454. The van der Waals surface area contributed by atoms with Crippen LogP contribution in [0.3, 0.4) is 0 Å². The maximum atomic E-state index is 12.9. The first-order chi connectivity index (χ1) is 9.97. The monoisotopic (exact) mass is 315 g/mol. The normalized spacial score (nSPS) is 18.4. The van der Waals surface area contributed by atoms with Gasteiger partial charge in [-0.1, -0.05) is 11.6 Å². The van der Waals surface area contributed by atoms with Crippen molar-refractivity contribution in [2.75, 3.05) is 19.7 Å². The van der Waals surface area contributed by atoms with Crippen LogP contribution in [0.25, 0.3) is 0 Å². The molecule has 0 aromatic heterocycles. The third kappa shape index (κ3) is 4.07. The quantitative estimate of drug-likeness (QED) is 0.925. The molecule has 1 aromatic rings. The summed E-state index contributed by atoms with van der Waals surface area (Å²) in [6, 6.07) is 3.64. The smallest absolute Gasteiger partial charge is 0.308 e. The van der Waals surface area contributed by atoms with Crippen LogP contribution < -0.4 is 4.74 Å². The van der Waals surface area contributed by atoms with Crippen molar-refractivity contribution in [3.05, 3.63) is 29.0 Å². The molecule has 0 radical (unpaired) electrons. The lowest BCUT2D eigenvalue weighted by molar-refractivity contribution is -0.146. The summed E-state index contributed by atoms with van der Waals surface area (Å²) < 4.78 is 18.2. The molecule has 1 saturated heterocycles. The summed E-state index contributed by atoms with van der Waals surface area (Å²) in [5.74, 6) is -1.99. The molecule has 1 aliphatic heterocycles. The van der Waals surface area contributed by atoms with Crippen molar-refractivity contribution in [3.8, 4) is 5.75 Å². The minimum Gasteiger partial charge on any atom is -0.482 e. The average molecular weight is 316 g/mol. The molecule has 1 aromatic carbocycles. The summed E-state index contributed by atoms with van der Waals surface area (Å²) in [6.07, 6.45) is 1.23. The van der Waals surface area contributed by atoms with E-state index in [0.717, 1.165) is 6.07 Å². The van der Waals surface area contributed by atoms with Gasteiger partial charge in [0.25, 0.3) is 5.91 Å². The summed E-state index contributed by atoms with van der Waals surface area (Å²) in [4.78, 5) is 24.4. The van der Waals surface area contributed by atoms with E-state index in [9.17, 15) is 14.0 Å². The fourth-order valence-electron chi connectivity index (χ4n) is 2.23. The Labute approximate surface area is 126 Å². The Bertz CT molecular complexity index is 552. The lowest BCUT2D eigenvalue weighted by Crippen LogP contribution is -2.44. The fourth-order valence-corrected chi connectivity index (χ4v) is 2.45. The van der Waals surface area contributed by atoms with Gasteiger partial charge in [-0.05, 0) is 31.0 Å². The van der Waals surface area contributed by atoms with E-state index in [2.05, 4.69) is 0 Å². The van der Waals surface area contributed by atoms with Crippen LogP contribution in [0.15, 0.2) is 18.2 Å². The molecule has 114 valence electrons. The Kier molecular flexibility index (Phi) is 5.01. The van der Waals surface area contributed by atoms with Gasteiger partial charge in [0.2, 0.25) is 0 Å². The zero-order valence-electron chi connectivity index (χ0n) is 11.2. The number of hydrogen-bond donors (Lipinski definition) is 1. The first kappa shape index (κ1) is 15.6. The van der Waals surface area contributed by atoms with Gasteiger partial charge in [-0.2, -0.15) is 0 Å². The molecule has 1 atom stereocenters. The minimum atomic E-state index is -0.894. The van der Waals surface area contributed by atoms with Gasteiger partial charge in [0.05, 0.1) is 10.9 Å². The molecule has 21 heavy (non-hydrogen) atoms. The molecule has 7 heteroatoms. The van der Waals surface area contributed by atoms with E-state index in [1.807, 2.05) is 0 Å². The van der Waals surface area contributed by atoms with Gasteiger partial charge in [0, 0.05) is 13.1 Å². The Hall–Kier alpha value is -1.82. The summed E-state index contributed by atoms with van der Waals surface area (Å²) in [5.41, 5.74) is 0. The van der Waals surface area contributed by atoms with E-state index in [4.69, 9.17) is 21.4 Å². The number of carbonyl (C=O) groups excluding carboxylic acids is 1. The van der Waals surface area contributed by atoms with E-state index in [1.54, 1.807) is 0 Å². The Morgan fingerprint density at radius 1 is 1.48 bits per heavy atom. The molecule has 1 aliphatic rings. The lowest BCUT2D eigenvalue weighted by Gasteiger charge is -2.30. The number of benzene rings is 1. The molecule has 0 bridgehead atoms. The van der Waals surface area contributed by atoms with E-state index < -0.39 is 17.7 Å². The highest BCUT2D eigenvalue weighted by Crippen LogP contribution is 2.25. The molecule has 0 spiro atoms. The van der Waals surface area contributed by atoms with Crippen molar-refractivity contribution in [2.45, 2.75) is 12.8 Å². The predicted molar refractivity (Wildman–Crippen MR) is 73.8 cm³/mol.